The molecule has 2 unspecified atom stereocenters. The van der Waals surface area contributed by atoms with E-state index in [9.17, 15) is 18.3 Å². The molecule has 2 atom stereocenters. The van der Waals surface area contributed by atoms with E-state index in [1.807, 2.05) is 0 Å². The van der Waals surface area contributed by atoms with Gasteiger partial charge in [0.05, 0.1) is 24.3 Å². The highest BCUT2D eigenvalue weighted by atomic mass is 19.4. The molecule has 1 aliphatic rings. The number of nitrogens with one attached hydrogen (secondary N) is 1. The fraction of sp³-hybridized carbons (Fsp3) is 0.571. The first kappa shape index (κ1) is 15.3. The van der Waals surface area contributed by atoms with Crippen molar-refractivity contribution in [2.75, 3.05) is 19.8 Å². The molecule has 1 aromatic carbocycles. The van der Waals surface area contributed by atoms with E-state index in [2.05, 4.69) is 5.32 Å². The van der Waals surface area contributed by atoms with Gasteiger partial charge in [-0.05, 0) is 24.5 Å². The van der Waals surface area contributed by atoms with Crippen LogP contribution in [0.1, 0.15) is 30.0 Å². The molecule has 1 saturated heterocycles. The quantitative estimate of drug-likeness (QED) is 0.875. The number of hydrogen-bond donors (Lipinski definition) is 2. The molecule has 3 nitrogen and oxygen atoms in total. The van der Waals surface area contributed by atoms with Gasteiger partial charge in [0.15, 0.2) is 0 Å². The van der Waals surface area contributed by atoms with Gasteiger partial charge in [0.1, 0.15) is 0 Å². The van der Waals surface area contributed by atoms with Crippen molar-refractivity contribution in [3.8, 4) is 0 Å². The van der Waals surface area contributed by atoms with E-state index in [1.54, 1.807) is 6.07 Å². The summed E-state index contributed by atoms with van der Waals surface area (Å²) in [6.07, 6.45) is -2.54. The first-order chi connectivity index (χ1) is 9.52. The fourth-order valence-corrected chi connectivity index (χ4v) is 2.41. The predicted molar refractivity (Wildman–Crippen MR) is 68.2 cm³/mol. The Kier molecular flexibility index (Phi) is 5.01. The molecule has 0 saturated carbocycles. The third kappa shape index (κ3) is 3.71. The minimum Gasteiger partial charge on any atom is -0.394 e. The third-order valence-electron chi connectivity index (χ3n) is 3.44. The summed E-state index contributed by atoms with van der Waals surface area (Å²) in [5.41, 5.74) is -0.639. The van der Waals surface area contributed by atoms with Crippen LogP contribution in [-0.4, -0.2) is 31.0 Å². The lowest BCUT2D eigenvalue weighted by atomic mass is 10.00. The Labute approximate surface area is 115 Å². The van der Waals surface area contributed by atoms with E-state index in [0.29, 0.717) is 13.2 Å². The maximum absolute atomic E-state index is 13.0. The molecule has 0 radical (unpaired) electrons. The standard InChI is InChI=1S/C14H18F3NO2/c15-14(16,17)12-6-2-1-5-11(12)13(9-19)18-8-10-4-3-7-20-10/h1-2,5-6,10,13,18-19H,3-4,7-9H2. The molecule has 0 bridgehead atoms. The zero-order chi connectivity index (χ0) is 14.6. The molecule has 1 fully saturated rings. The smallest absolute Gasteiger partial charge is 0.394 e. The number of alkyl halides is 3. The number of ether oxygens (including phenoxy) is 1. The van der Waals surface area contributed by atoms with Crippen molar-refractivity contribution in [1.29, 1.82) is 0 Å². The van der Waals surface area contributed by atoms with Crippen LogP contribution in [0.25, 0.3) is 0 Å². The Hall–Kier alpha value is -1.11. The topological polar surface area (TPSA) is 41.5 Å². The Bertz CT molecular complexity index is 431. The molecule has 1 aliphatic heterocycles. The van der Waals surface area contributed by atoms with E-state index in [-0.39, 0.29) is 18.3 Å². The van der Waals surface area contributed by atoms with Crippen molar-refractivity contribution in [2.45, 2.75) is 31.2 Å². The van der Waals surface area contributed by atoms with Crippen LogP contribution >= 0.6 is 0 Å². The van der Waals surface area contributed by atoms with Crippen molar-refractivity contribution in [1.82, 2.24) is 5.32 Å². The molecule has 0 spiro atoms. The number of aliphatic hydroxyl groups is 1. The van der Waals surface area contributed by atoms with E-state index in [0.717, 1.165) is 18.9 Å². The molecule has 0 amide bonds. The van der Waals surface area contributed by atoms with Gasteiger partial charge in [-0.3, -0.25) is 0 Å². The summed E-state index contributed by atoms with van der Waals surface area (Å²) in [5.74, 6) is 0. The number of halogens is 3. The predicted octanol–water partition coefficient (Wildman–Crippen LogP) is 2.51. The van der Waals surface area contributed by atoms with Gasteiger partial charge in [-0.25, -0.2) is 0 Å². The zero-order valence-electron chi connectivity index (χ0n) is 11.0. The van der Waals surface area contributed by atoms with E-state index < -0.39 is 17.8 Å². The van der Waals surface area contributed by atoms with Crippen molar-refractivity contribution >= 4 is 0 Å². The summed E-state index contributed by atoms with van der Waals surface area (Å²) in [5, 5.41) is 12.3. The molecule has 1 aromatic rings. The summed E-state index contributed by atoms with van der Waals surface area (Å²) in [6.45, 7) is 0.743. The van der Waals surface area contributed by atoms with Crippen molar-refractivity contribution in [3.05, 3.63) is 35.4 Å². The minimum atomic E-state index is -4.42. The highest BCUT2D eigenvalue weighted by molar-refractivity contribution is 5.32. The van der Waals surface area contributed by atoms with Crippen LogP contribution in [0.3, 0.4) is 0 Å². The molecule has 112 valence electrons. The monoisotopic (exact) mass is 289 g/mol. The Morgan fingerprint density at radius 3 is 2.70 bits per heavy atom. The summed E-state index contributed by atoms with van der Waals surface area (Å²) < 4.78 is 44.3. The molecule has 2 N–H and O–H groups in total. The molecule has 6 heteroatoms. The van der Waals surface area contributed by atoms with Crippen LogP contribution in [0.4, 0.5) is 13.2 Å². The van der Waals surface area contributed by atoms with Gasteiger partial charge in [-0.2, -0.15) is 13.2 Å². The van der Waals surface area contributed by atoms with Crippen molar-refractivity contribution < 1.29 is 23.0 Å². The van der Waals surface area contributed by atoms with Crippen molar-refractivity contribution in [3.63, 3.8) is 0 Å². The third-order valence-corrected chi connectivity index (χ3v) is 3.44. The lowest BCUT2D eigenvalue weighted by Crippen LogP contribution is -2.33. The Balaban J connectivity index is 2.10. The van der Waals surface area contributed by atoms with E-state index in [1.165, 1.54) is 12.1 Å². The molecule has 2 rings (SSSR count). The normalized spacial score (nSPS) is 21.1. The van der Waals surface area contributed by atoms with Crippen LogP contribution in [0, 0.1) is 0 Å². The molecule has 20 heavy (non-hydrogen) atoms. The summed E-state index contributed by atoms with van der Waals surface area (Å²) >= 11 is 0. The van der Waals surface area contributed by atoms with Gasteiger partial charge < -0.3 is 15.2 Å². The lowest BCUT2D eigenvalue weighted by Gasteiger charge is -2.22. The fourth-order valence-electron chi connectivity index (χ4n) is 2.41. The Morgan fingerprint density at radius 2 is 2.10 bits per heavy atom. The van der Waals surface area contributed by atoms with Gasteiger partial charge in [0, 0.05) is 13.2 Å². The van der Waals surface area contributed by atoms with Crippen LogP contribution in [0.5, 0.6) is 0 Å². The van der Waals surface area contributed by atoms with Gasteiger partial charge in [-0.1, -0.05) is 18.2 Å². The second-order valence-electron chi connectivity index (χ2n) is 4.86. The Morgan fingerprint density at radius 1 is 1.35 bits per heavy atom. The van der Waals surface area contributed by atoms with Crippen LogP contribution < -0.4 is 5.32 Å². The average molecular weight is 289 g/mol. The molecule has 0 aliphatic carbocycles. The second kappa shape index (κ2) is 6.56. The number of rotatable bonds is 5. The molecule has 1 heterocycles. The average Bonchev–Trinajstić information content (AvgIpc) is 2.92. The first-order valence-corrected chi connectivity index (χ1v) is 6.64. The summed E-state index contributed by atoms with van der Waals surface area (Å²) in [7, 11) is 0. The number of hydrogen-bond acceptors (Lipinski definition) is 3. The highest BCUT2D eigenvalue weighted by Gasteiger charge is 2.34. The van der Waals surface area contributed by atoms with Crippen molar-refractivity contribution in [2.24, 2.45) is 0 Å². The molecule has 0 aromatic heterocycles. The number of aliphatic hydroxyl groups excluding tert-OH is 1. The van der Waals surface area contributed by atoms with Gasteiger partial charge in [0.25, 0.3) is 0 Å². The van der Waals surface area contributed by atoms with Gasteiger partial charge in [-0.15, -0.1) is 0 Å². The largest absolute Gasteiger partial charge is 0.416 e. The van der Waals surface area contributed by atoms with E-state index >= 15 is 0 Å². The minimum absolute atomic E-state index is 0.0158. The van der Waals surface area contributed by atoms with Crippen LogP contribution in [0.2, 0.25) is 0 Å². The van der Waals surface area contributed by atoms with Gasteiger partial charge in [0.2, 0.25) is 0 Å². The van der Waals surface area contributed by atoms with Crippen LogP contribution in [0.15, 0.2) is 24.3 Å². The molecular formula is C14H18F3NO2. The maximum atomic E-state index is 13.0. The zero-order valence-corrected chi connectivity index (χ0v) is 11.0. The van der Waals surface area contributed by atoms with Crippen LogP contribution in [-0.2, 0) is 10.9 Å². The van der Waals surface area contributed by atoms with E-state index in [4.69, 9.17) is 4.74 Å². The number of benzene rings is 1. The summed E-state index contributed by atoms with van der Waals surface area (Å²) in [4.78, 5) is 0. The SMILES string of the molecule is OCC(NCC1CCCO1)c1ccccc1C(F)(F)F. The maximum Gasteiger partial charge on any atom is 0.416 e. The second-order valence-corrected chi connectivity index (χ2v) is 4.86. The summed E-state index contributed by atoms with van der Waals surface area (Å²) in [6, 6.07) is 4.58. The lowest BCUT2D eigenvalue weighted by molar-refractivity contribution is -0.138. The highest BCUT2D eigenvalue weighted by Crippen LogP contribution is 2.34. The first-order valence-electron chi connectivity index (χ1n) is 6.64. The molecular weight excluding hydrogens is 271 g/mol. The van der Waals surface area contributed by atoms with Gasteiger partial charge >= 0.3 is 6.18 Å².